The minimum Gasteiger partial charge on any atom is -0.383 e. The van der Waals surface area contributed by atoms with Gasteiger partial charge >= 0.3 is 0 Å². The molecule has 3 aromatic rings. The highest BCUT2D eigenvalue weighted by Crippen LogP contribution is 2.24. The van der Waals surface area contributed by atoms with E-state index in [1.165, 1.54) is 0 Å². The van der Waals surface area contributed by atoms with E-state index >= 15 is 0 Å². The Hall–Kier alpha value is -2.40. The zero-order valence-corrected chi connectivity index (χ0v) is 12.0. The van der Waals surface area contributed by atoms with Crippen molar-refractivity contribution in [3.63, 3.8) is 0 Å². The molecule has 0 fully saturated rings. The number of nitrogens with zero attached hydrogens (tertiary/aromatic N) is 3. The fraction of sp³-hybridized carbons (Fsp3) is 0.133. The number of hydrogen-bond donors (Lipinski definition) is 2. The molecule has 6 heteroatoms. The Morgan fingerprint density at radius 1 is 0.905 bits per heavy atom. The molecule has 2 heterocycles. The Kier molecular flexibility index (Phi) is 4.12. The summed E-state index contributed by atoms with van der Waals surface area (Å²) in [6, 6.07) is 9.44. The summed E-state index contributed by atoms with van der Waals surface area (Å²) in [6.07, 6.45) is 5.19. The number of fused-ring (bicyclic) bond motifs is 1. The summed E-state index contributed by atoms with van der Waals surface area (Å²) >= 11 is 5.98. The van der Waals surface area contributed by atoms with Gasteiger partial charge in [-0.15, -0.1) is 0 Å². The molecular weight excluding hydrogens is 286 g/mol. The number of halogens is 1. The van der Waals surface area contributed by atoms with Gasteiger partial charge in [0.25, 0.3) is 0 Å². The monoisotopic (exact) mass is 299 g/mol. The summed E-state index contributed by atoms with van der Waals surface area (Å²) in [4.78, 5) is 12.5. The number of nitrogens with one attached hydrogen (secondary N) is 2. The van der Waals surface area contributed by atoms with Gasteiger partial charge in [-0.1, -0.05) is 11.6 Å². The molecule has 0 unspecified atom stereocenters. The second kappa shape index (κ2) is 6.37. The van der Waals surface area contributed by atoms with E-state index in [2.05, 4.69) is 25.6 Å². The molecule has 0 saturated heterocycles. The molecule has 5 nitrogen and oxygen atoms in total. The van der Waals surface area contributed by atoms with Crippen LogP contribution in [0.3, 0.4) is 0 Å². The van der Waals surface area contributed by atoms with E-state index in [0.29, 0.717) is 11.0 Å². The van der Waals surface area contributed by atoms with Crippen molar-refractivity contribution in [2.75, 3.05) is 23.7 Å². The lowest BCUT2D eigenvalue weighted by molar-refractivity contribution is 1.03. The maximum atomic E-state index is 5.98. The normalized spacial score (nSPS) is 10.5. The fourth-order valence-electron chi connectivity index (χ4n) is 2.04. The fourth-order valence-corrected chi connectivity index (χ4v) is 2.20. The molecule has 0 atom stereocenters. The minimum atomic E-state index is 0.630. The molecule has 2 N–H and O–H groups in total. The molecule has 0 radical (unpaired) electrons. The molecule has 21 heavy (non-hydrogen) atoms. The lowest BCUT2D eigenvalue weighted by Crippen LogP contribution is -2.15. The molecule has 106 valence electrons. The number of aromatic nitrogens is 3. The Morgan fingerprint density at radius 2 is 1.71 bits per heavy atom. The summed E-state index contributed by atoms with van der Waals surface area (Å²) < 4.78 is 0. The van der Waals surface area contributed by atoms with E-state index in [1.54, 1.807) is 24.7 Å². The van der Waals surface area contributed by atoms with Crippen LogP contribution in [0.5, 0.6) is 0 Å². The Morgan fingerprint density at radius 3 is 2.57 bits per heavy atom. The van der Waals surface area contributed by atoms with E-state index in [1.807, 2.05) is 24.3 Å². The van der Waals surface area contributed by atoms with E-state index in [9.17, 15) is 0 Å². The second-order valence-corrected chi connectivity index (χ2v) is 4.88. The molecule has 0 bridgehead atoms. The second-order valence-electron chi connectivity index (χ2n) is 4.45. The van der Waals surface area contributed by atoms with E-state index in [4.69, 9.17) is 11.6 Å². The van der Waals surface area contributed by atoms with Gasteiger partial charge in [-0.25, -0.2) is 9.97 Å². The van der Waals surface area contributed by atoms with Crippen molar-refractivity contribution in [1.82, 2.24) is 15.0 Å². The lowest BCUT2D eigenvalue weighted by atomic mass is 10.2. The summed E-state index contributed by atoms with van der Waals surface area (Å²) in [5, 5.41) is 8.27. The van der Waals surface area contributed by atoms with Crippen LogP contribution in [0.15, 0.2) is 48.9 Å². The highest BCUT2D eigenvalue weighted by molar-refractivity contribution is 6.31. The summed E-state index contributed by atoms with van der Waals surface area (Å²) in [5.41, 5.74) is 1.92. The molecule has 0 aliphatic heterocycles. The average molecular weight is 300 g/mol. The van der Waals surface area contributed by atoms with Gasteiger partial charge in [0, 0.05) is 47.8 Å². The van der Waals surface area contributed by atoms with Crippen molar-refractivity contribution >= 4 is 34.1 Å². The van der Waals surface area contributed by atoms with Gasteiger partial charge < -0.3 is 10.6 Å². The molecule has 0 spiro atoms. The quantitative estimate of drug-likeness (QED) is 0.708. The first-order valence-electron chi connectivity index (χ1n) is 6.62. The van der Waals surface area contributed by atoms with Crippen molar-refractivity contribution < 1.29 is 0 Å². The van der Waals surface area contributed by atoms with Crippen LogP contribution in [0.25, 0.3) is 10.9 Å². The topological polar surface area (TPSA) is 62.7 Å². The van der Waals surface area contributed by atoms with Gasteiger partial charge in [-0.2, -0.15) is 0 Å². The SMILES string of the molecule is Clc1ccc2c(NCCNc3ncccn3)ccnc2c1. The van der Waals surface area contributed by atoms with Crippen LogP contribution >= 0.6 is 11.6 Å². The van der Waals surface area contributed by atoms with E-state index < -0.39 is 0 Å². The van der Waals surface area contributed by atoms with Crippen LogP contribution in [0, 0.1) is 0 Å². The molecule has 1 aromatic carbocycles. The highest BCUT2D eigenvalue weighted by atomic mass is 35.5. The molecule has 0 aliphatic rings. The van der Waals surface area contributed by atoms with Gasteiger partial charge in [-0.05, 0) is 30.3 Å². The van der Waals surface area contributed by atoms with Crippen LogP contribution < -0.4 is 10.6 Å². The zero-order valence-electron chi connectivity index (χ0n) is 11.3. The van der Waals surface area contributed by atoms with Gasteiger partial charge in [-0.3, -0.25) is 4.98 Å². The van der Waals surface area contributed by atoms with E-state index in [-0.39, 0.29) is 0 Å². The Bertz CT molecular complexity index is 732. The maximum absolute atomic E-state index is 5.98. The molecule has 0 aliphatic carbocycles. The van der Waals surface area contributed by atoms with Gasteiger partial charge in [0.2, 0.25) is 5.95 Å². The van der Waals surface area contributed by atoms with Crippen LogP contribution in [-0.2, 0) is 0 Å². The van der Waals surface area contributed by atoms with Crippen LogP contribution in [0.2, 0.25) is 5.02 Å². The molecular formula is C15H14ClN5. The Balaban J connectivity index is 1.63. The van der Waals surface area contributed by atoms with Crippen molar-refractivity contribution in [3.8, 4) is 0 Å². The third-order valence-corrected chi connectivity index (χ3v) is 3.23. The predicted octanol–water partition coefficient (Wildman–Crippen LogP) is 3.20. The summed E-state index contributed by atoms with van der Waals surface area (Å²) in [5.74, 6) is 0.630. The third kappa shape index (κ3) is 3.38. The molecule has 3 rings (SSSR count). The summed E-state index contributed by atoms with van der Waals surface area (Å²) in [6.45, 7) is 1.47. The average Bonchev–Trinajstić information content (AvgIpc) is 2.52. The van der Waals surface area contributed by atoms with Crippen molar-refractivity contribution in [1.29, 1.82) is 0 Å². The first-order valence-corrected chi connectivity index (χ1v) is 7.00. The predicted molar refractivity (Wildman–Crippen MR) is 85.8 cm³/mol. The van der Waals surface area contributed by atoms with Crippen molar-refractivity contribution in [3.05, 3.63) is 53.9 Å². The number of anilines is 2. The number of pyridine rings is 1. The van der Waals surface area contributed by atoms with E-state index in [0.717, 1.165) is 29.7 Å². The van der Waals surface area contributed by atoms with Crippen LogP contribution in [0.4, 0.5) is 11.6 Å². The zero-order chi connectivity index (χ0) is 14.5. The smallest absolute Gasteiger partial charge is 0.222 e. The lowest BCUT2D eigenvalue weighted by Gasteiger charge is -2.10. The first kappa shape index (κ1) is 13.6. The van der Waals surface area contributed by atoms with Crippen LogP contribution in [-0.4, -0.2) is 28.0 Å². The number of benzene rings is 1. The van der Waals surface area contributed by atoms with Crippen LogP contribution in [0.1, 0.15) is 0 Å². The van der Waals surface area contributed by atoms with Crippen molar-refractivity contribution in [2.45, 2.75) is 0 Å². The highest BCUT2D eigenvalue weighted by Gasteiger charge is 2.02. The Labute approximate surface area is 127 Å². The van der Waals surface area contributed by atoms with Gasteiger partial charge in [0.15, 0.2) is 0 Å². The third-order valence-electron chi connectivity index (χ3n) is 2.99. The van der Waals surface area contributed by atoms with Gasteiger partial charge in [0.1, 0.15) is 0 Å². The summed E-state index contributed by atoms with van der Waals surface area (Å²) in [7, 11) is 0. The standard InChI is InChI=1S/C15H14ClN5/c16-11-2-3-12-13(4-7-17-14(12)10-11)18-8-9-21-15-19-5-1-6-20-15/h1-7,10H,8-9H2,(H,17,18)(H,19,20,21). The number of rotatable bonds is 5. The van der Waals surface area contributed by atoms with Crippen molar-refractivity contribution in [2.24, 2.45) is 0 Å². The van der Waals surface area contributed by atoms with Gasteiger partial charge in [0.05, 0.1) is 5.52 Å². The molecule has 0 amide bonds. The molecule has 2 aromatic heterocycles. The minimum absolute atomic E-state index is 0.630. The number of hydrogen-bond acceptors (Lipinski definition) is 5. The molecule has 0 saturated carbocycles. The first-order chi connectivity index (χ1) is 10.3. The maximum Gasteiger partial charge on any atom is 0.222 e. The largest absolute Gasteiger partial charge is 0.383 e.